The van der Waals surface area contributed by atoms with Gasteiger partial charge in [0.1, 0.15) is 6.10 Å². The Morgan fingerprint density at radius 1 is 1.41 bits per heavy atom. The monoisotopic (exact) mass is 231 g/mol. The predicted octanol–water partition coefficient (Wildman–Crippen LogP) is 0.493. The van der Waals surface area contributed by atoms with Crippen LogP contribution in [0.3, 0.4) is 0 Å². The van der Waals surface area contributed by atoms with E-state index in [4.69, 9.17) is 5.73 Å². The fourth-order valence-corrected chi connectivity index (χ4v) is 1.56. The molecule has 1 aromatic carbocycles. The van der Waals surface area contributed by atoms with Gasteiger partial charge in [-0.3, -0.25) is 9.78 Å². The number of aliphatic hydroxyl groups is 1. The maximum Gasteiger partial charge on any atom is 0.248 e. The second-order valence-electron chi connectivity index (χ2n) is 3.67. The zero-order valence-corrected chi connectivity index (χ0v) is 9.13. The van der Waals surface area contributed by atoms with Crippen molar-refractivity contribution in [1.29, 1.82) is 0 Å². The summed E-state index contributed by atoms with van der Waals surface area (Å²) in [5.41, 5.74) is 6.64. The number of pyridine rings is 1. The Bertz CT molecular complexity index is 537. The molecule has 1 aromatic heterocycles. The highest BCUT2D eigenvalue weighted by Gasteiger charge is 2.10. The normalized spacial score (nSPS) is 12.3. The summed E-state index contributed by atoms with van der Waals surface area (Å²) < 4.78 is 0. The quantitative estimate of drug-likeness (QED) is 0.714. The number of fused-ring (bicyclic) bond motifs is 1. The number of aromatic nitrogens is 1. The number of nitrogens with zero attached hydrogens (tertiary/aromatic N) is 1. The van der Waals surface area contributed by atoms with Crippen molar-refractivity contribution in [3.63, 3.8) is 0 Å². The summed E-state index contributed by atoms with van der Waals surface area (Å²) in [6.45, 7) is 0.0866. The predicted molar refractivity (Wildman–Crippen MR) is 65.4 cm³/mol. The molecule has 1 heterocycles. The minimum atomic E-state index is -1.19. The van der Waals surface area contributed by atoms with E-state index in [9.17, 15) is 9.90 Å². The summed E-state index contributed by atoms with van der Waals surface area (Å²) in [7, 11) is 0. The van der Waals surface area contributed by atoms with E-state index in [1.165, 1.54) is 0 Å². The first-order chi connectivity index (χ1) is 8.18. The second-order valence-corrected chi connectivity index (χ2v) is 3.67. The van der Waals surface area contributed by atoms with E-state index in [1.54, 1.807) is 12.3 Å². The number of anilines is 1. The van der Waals surface area contributed by atoms with Crippen LogP contribution in [0.15, 0.2) is 36.5 Å². The van der Waals surface area contributed by atoms with E-state index in [1.807, 2.05) is 24.3 Å². The third kappa shape index (κ3) is 2.51. The third-order valence-corrected chi connectivity index (χ3v) is 2.46. The number of carbonyl (C=O) groups is 1. The molecular weight excluding hydrogens is 218 g/mol. The lowest BCUT2D eigenvalue weighted by Gasteiger charge is -2.11. The Balaban J connectivity index is 2.21. The van der Waals surface area contributed by atoms with Crippen molar-refractivity contribution in [1.82, 2.24) is 4.98 Å². The number of para-hydroxylation sites is 1. The SMILES string of the molecule is NC(=O)C(O)CNc1ccnc2ccccc12. The largest absolute Gasteiger partial charge is 0.381 e. The maximum atomic E-state index is 10.7. The Hall–Kier alpha value is -2.14. The van der Waals surface area contributed by atoms with E-state index in [2.05, 4.69) is 10.3 Å². The van der Waals surface area contributed by atoms with Crippen LogP contribution in [0, 0.1) is 0 Å². The summed E-state index contributed by atoms with van der Waals surface area (Å²) in [5, 5.41) is 13.2. The standard InChI is InChI=1S/C12H13N3O2/c13-12(17)11(16)7-15-10-5-6-14-9-4-2-1-3-8(9)10/h1-6,11,16H,7H2,(H2,13,17)(H,14,15). The van der Waals surface area contributed by atoms with E-state index >= 15 is 0 Å². The van der Waals surface area contributed by atoms with Crippen molar-refractivity contribution in [2.75, 3.05) is 11.9 Å². The molecule has 0 saturated carbocycles. The first-order valence-corrected chi connectivity index (χ1v) is 5.23. The summed E-state index contributed by atoms with van der Waals surface area (Å²) >= 11 is 0. The number of nitrogens with one attached hydrogen (secondary N) is 1. The molecule has 0 saturated heterocycles. The molecule has 5 nitrogen and oxygen atoms in total. The van der Waals surface area contributed by atoms with Gasteiger partial charge in [-0.05, 0) is 12.1 Å². The highest BCUT2D eigenvalue weighted by atomic mass is 16.3. The smallest absolute Gasteiger partial charge is 0.248 e. The Labute approximate surface area is 98.3 Å². The maximum absolute atomic E-state index is 10.7. The molecule has 17 heavy (non-hydrogen) atoms. The Morgan fingerprint density at radius 2 is 2.18 bits per heavy atom. The molecule has 1 atom stereocenters. The number of aliphatic hydroxyl groups excluding tert-OH is 1. The van der Waals surface area contributed by atoms with E-state index < -0.39 is 12.0 Å². The van der Waals surface area contributed by atoms with Gasteiger partial charge >= 0.3 is 0 Å². The highest BCUT2D eigenvalue weighted by Crippen LogP contribution is 2.20. The first kappa shape index (κ1) is 11.3. The number of primary amides is 1. The van der Waals surface area contributed by atoms with Crippen molar-refractivity contribution in [2.24, 2.45) is 5.73 Å². The van der Waals surface area contributed by atoms with Gasteiger partial charge in [0, 0.05) is 23.8 Å². The number of hydrogen-bond donors (Lipinski definition) is 3. The Kier molecular flexibility index (Phi) is 3.20. The van der Waals surface area contributed by atoms with Crippen LogP contribution >= 0.6 is 0 Å². The average Bonchev–Trinajstić information content (AvgIpc) is 2.35. The lowest BCUT2D eigenvalue weighted by atomic mass is 10.2. The van der Waals surface area contributed by atoms with Crippen LogP contribution in [0.1, 0.15) is 0 Å². The number of hydrogen-bond acceptors (Lipinski definition) is 4. The molecule has 5 heteroatoms. The Morgan fingerprint density at radius 3 is 2.94 bits per heavy atom. The summed E-state index contributed by atoms with van der Waals surface area (Å²) in [6.07, 6.45) is 0.475. The van der Waals surface area contributed by atoms with Gasteiger partial charge in [0.15, 0.2) is 0 Å². The van der Waals surface area contributed by atoms with Crippen LogP contribution in [0.25, 0.3) is 10.9 Å². The minimum Gasteiger partial charge on any atom is -0.381 e. The van der Waals surface area contributed by atoms with Crippen molar-refractivity contribution in [3.8, 4) is 0 Å². The van der Waals surface area contributed by atoms with E-state index in [0.717, 1.165) is 16.6 Å². The van der Waals surface area contributed by atoms with Gasteiger partial charge in [-0.15, -0.1) is 0 Å². The number of nitrogens with two attached hydrogens (primary N) is 1. The molecule has 1 unspecified atom stereocenters. The molecule has 4 N–H and O–H groups in total. The molecule has 0 bridgehead atoms. The molecule has 0 spiro atoms. The van der Waals surface area contributed by atoms with Crippen LogP contribution in [0.2, 0.25) is 0 Å². The second kappa shape index (κ2) is 4.80. The van der Waals surface area contributed by atoms with Crippen LogP contribution < -0.4 is 11.1 Å². The first-order valence-electron chi connectivity index (χ1n) is 5.23. The van der Waals surface area contributed by atoms with Gasteiger partial charge in [-0.2, -0.15) is 0 Å². The number of amides is 1. The van der Waals surface area contributed by atoms with Crippen LogP contribution in [0.4, 0.5) is 5.69 Å². The van der Waals surface area contributed by atoms with Crippen LogP contribution in [-0.2, 0) is 4.79 Å². The average molecular weight is 231 g/mol. The molecule has 88 valence electrons. The third-order valence-electron chi connectivity index (χ3n) is 2.46. The summed E-state index contributed by atoms with van der Waals surface area (Å²) in [4.78, 5) is 14.9. The lowest BCUT2D eigenvalue weighted by molar-refractivity contribution is -0.125. The van der Waals surface area contributed by atoms with Gasteiger partial charge in [0.25, 0.3) is 0 Å². The van der Waals surface area contributed by atoms with Gasteiger partial charge in [0.05, 0.1) is 5.52 Å². The van der Waals surface area contributed by atoms with Gasteiger partial charge in [-0.25, -0.2) is 0 Å². The van der Waals surface area contributed by atoms with Crippen molar-refractivity contribution in [2.45, 2.75) is 6.10 Å². The summed E-state index contributed by atoms with van der Waals surface area (Å²) in [5.74, 6) is -0.740. The van der Waals surface area contributed by atoms with Gasteiger partial charge < -0.3 is 16.2 Å². The zero-order chi connectivity index (χ0) is 12.3. The lowest BCUT2D eigenvalue weighted by Crippen LogP contribution is -2.34. The van der Waals surface area contributed by atoms with E-state index in [0.29, 0.717) is 0 Å². The fourth-order valence-electron chi connectivity index (χ4n) is 1.56. The van der Waals surface area contributed by atoms with Crippen molar-refractivity contribution in [3.05, 3.63) is 36.5 Å². The van der Waals surface area contributed by atoms with Crippen molar-refractivity contribution >= 4 is 22.5 Å². The zero-order valence-electron chi connectivity index (χ0n) is 9.13. The fraction of sp³-hybridized carbons (Fsp3) is 0.167. The topological polar surface area (TPSA) is 88.2 Å². The number of carbonyl (C=O) groups excluding carboxylic acids is 1. The molecule has 0 fully saturated rings. The molecule has 0 aliphatic carbocycles. The molecule has 0 aliphatic rings. The number of benzene rings is 1. The highest BCUT2D eigenvalue weighted by molar-refractivity contribution is 5.91. The van der Waals surface area contributed by atoms with Crippen LogP contribution in [-0.4, -0.2) is 28.6 Å². The molecule has 1 amide bonds. The van der Waals surface area contributed by atoms with E-state index in [-0.39, 0.29) is 6.54 Å². The molecule has 2 aromatic rings. The summed E-state index contributed by atoms with van der Waals surface area (Å²) in [6, 6.07) is 9.40. The molecule has 2 rings (SSSR count). The van der Waals surface area contributed by atoms with Crippen LogP contribution in [0.5, 0.6) is 0 Å². The van der Waals surface area contributed by atoms with Gasteiger partial charge in [-0.1, -0.05) is 18.2 Å². The van der Waals surface area contributed by atoms with Gasteiger partial charge in [0.2, 0.25) is 5.91 Å². The number of rotatable bonds is 4. The molecule has 0 radical (unpaired) electrons. The molecule has 0 aliphatic heterocycles. The minimum absolute atomic E-state index is 0.0866. The molecular formula is C12H13N3O2. The van der Waals surface area contributed by atoms with Crippen molar-refractivity contribution < 1.29 is 9.90 Å².